The molecule has 0 aliphatic carbocycles. The molecule has 1 aliphatic rings. The summed E-state index contributed by atoms with van der Waals surface area (Å²) < 4.78 is 13.1. The molecule has 1 aromatic carbocycles. The first kappa shape index (κ1) is 24.2. The van der Waals surface area contributed by atoms with Crippen LogP contribution in [0.5, 0.6) is 11.9 Å². The van der Waals surface area contributed by atoms with Gasteiger partial charge in [-0.3, -0.25) is 9.30 Å². The number of rotatable bonds is 6. The molecule has 0 N–H and O–H groups in total. The fraction of sp³-hybridized carbons (Fsp3) is 0.333. The number of methoxy groups -OCH3 is 2. The average Bonchev–Trinajstić information content (AvgIpc) is 3.46. The van der Waals surface area contributed by atoms with Crippen molar-refractivity contribution in [3.63, 3.8) is 0 Å². The molecule has 0 bridgehead atoms. The summed E-state index contributed by atoms with van der Waals surface area (Å²) in [4.78, 5) is 11.4. The molecule has 2 atom stereocenters. The van der Waals surface area contributed by atoms with E-state index in [-0.39, 0.29) is 18.1 Å². The molecule has 4 aromatic rings. The van der Waals surface area contributed by atoms with E-state index in [1.807, 2.05) is 31.2 Å². The molecule has 0 radical (unpaired) electrons. The van der Waals surface area contributed by atoms with Crippen LogP contribution >= 0.6 is 11.6 Å². The molecule has 5 rings (SSSR count). The van der Waals surface area contributed by atoms with Crippen LogP contribution in [0.15, 0.2) is 54.9 Å². The largest absolute Gasteiger partial charge is 0.481 e. The highest BCUT2D eigenvalue weighted by atomic mass is 35.5. The monoisotopic (exact) mass is 504 g/mol. The molecule has 2 unspecified atom stereocenters. The molecule has 0 fully saturated rings. The van der Waals surface area contributed by atoms with Crippen LogP contribution in [0.1, 0.15) is 48.0 Å². The Balaban J connectivity index is 1.76. The summed E-state index contributed by atoms with van der Waals surface area (Å²) in [5, 5.41) is 9.28. The molecule has 0 spiro atoms. The van der Waals surface area contributed by atoms with E-state index in [1.54, 1.807) is 20.4 Å². The lowest BCUT2D eigenvalue weighted by molar-refractivity contribution is 0.104. The lowest BCUT2D eigenvalue weighted by Gasteiger charge is -2.44. The van der Waals surface area contributed by atoms with E-state index in [9.17, 15) is 0 Å². The number of halogens is 1. The summed E-state index contributed by atoms with van der Waals surface area (Å²) >= 11 is 6.30. The average molecular weight is 505 g/mol. The number of benzene rings is 1. The number of aromatic nitrogens is 5. The fourth-order valence-corrected chi connectivity index (χ4v) is 5.41. The van der Waals surface area contributed by atoms with Crippen molar-refractivity contribution in [2.24, 2.45) is 0 Å². The Morgan fingerprint density at radius 2 is 1.81 bits per heavy atom. The maximum atomic E-state index is 6.30. The zero-order valence-corrected chi connectivity index (χ0v) is 22.0. The van der Waals surface area contributed by atoms with Gasteiger partial charge in [0.2, 0.25) is 5.88 Å². The highest BCUT2D eigenvalue weighted by Crippen LogP contribution is 2.51. The molecule has 4 heterocycles. The normalized spacial score (nSPS) is 19.9. The summed E-state index contributed by atoms with van der Waals surface area (Å²) in [5.41, 5.74) is 4.20. The van der Waals surface area contributed by atoms with Crippen LogP contribution in [0.3, 0.4) is 0 Å². The minimum Gasteiger partial charge on any atom is -0.481 e. The van der Waals surface area contributed by atoms with Crippen LogP contribution in [0.2, 0.25) is 5.02 Å². The Kier molecular flexibility index (Phi) is 6.18. The van der Waals surface area contributed by atoms with Gasteiger partial charge < -0.3 is 9.47 Å². The van der Waals surface area contributed by atoms with Crippen molar-refractivity contribution in [3.8, 4) is 11.9 Å². The molecule has 186 valence electrons. The lowest BCUT2D eigenvalue weighted by atomic mass is 9.82. The molecule has 0 saturated carbocycles. The third kappa shape index (κ3) is 3.72. The first-order valence-corrected chi connectivity index (χ1v) is 12.2. The Hall–Kier alpha value is -3.49. The van der Waals surface area contributed by atoms with E-state index < -0.39 is 5.54 Å². The Morgan fingerprint density at radius 3 is 2.47 bits per heavy atom. The van der Waals surface area contributed by atoms with Crippen molar-refractivity contribution < 1.29 is 9.47 Å². The van der Waals surface area contributed by atoms with Gasteiger partial charge in [0.1, 0.15) is 5.82 Å². The van der Waals surface area contributed by atoms with Crippen LogP contribution in [0.4, 0.5) is 0 Å². The van der Waals surface area contributed by atoms with Crippen LogP contribution in [0.25, 0.3) is 5.65 Å². The van der Waals surface area contributed by atoms with Crippen LogP contribution < -0.4 is 9.47 Å². The van der Waals surface area contributed by atoms with Crippen LogP contribution in [-0.2, 0) is 5.54 Å². The number of ether oxygens (including phenoxy) is 2. The van der Waals surface area contributed by atoms with E-state index in [0.29, 0.717) is 10.9 Å². The summed E-state index contributed by atoms with van der Waals surface area (Å²) in [7, 11) is 3.16. The van der Waals surface area contributed by atoms with Gasteiger partial charge >= 0.3 is 6.01 Å². The van der Waals surface area contributed by atoms with Crippen molar-refractivity contribution >= 4 is 17.2 Å². The standard InChI is InChI=1S/C27H29ClN6O2/c1-16(2)34-23(19-13-17(3)24-32-31-18(4)33(24)15-19)11-12-27(34,20-7-9-21(28)10-8-20)22-14-29-26(36-6)30-25(22)35-5/h7-16,23H,1-6H3. The van der Waals surface area contributed by atoms with Crippen molar-refractivity contribution in [1.29, 1.82) is 0 Å². The first-order chi connectivity index (χ1) is 17.3. The number of fused-ring (bicyclic) bond motifs is 1. The molecule has 9 heteroatoms. The van der Waals surface area contributed by atoms with E-state index >= 15 is 0 Å². The Bertz CT molecular complexity index is 1450. The molecular weight excluding hydrogens is 476 g/mol. The highest BCUT2D eigenvalue weighted by Gasteiger charge is 2.49. The smallest absolute Gasteiger partial charge is 0.319 e. The molecular formula is C27H29ClN6O2. The van der Waals surface area contributed by atoms with E-state index in [1.165, 1.54) is 0 Å². The molecule has 8 nitrogen and oxygen atoms in total. The minimum atomic E-state index is -0.716. The SMILES string of the molecule is COc1ncc(C2(c3ccc(Cl)cc3)C=CC(c3cc(C)c4nnc(C)n4c3)N2C(C)C)c(OC)n1. The van der Waals surface area contributed by atoms with E-state index in [4.69, 9.17) is 21.1 Å². The quantitative estimate of drug-likeness (QED) is 0.339. The number of pyridine rings is 1. The number of hydrogen-bond donors (Lipinski definition) is 0. The van der Waals surface area contributed by atoms with Gasteiger partial charge in [-0.05, 0) is 62.6 Å². The molecule has 0 amide bonds. The Labute approximate surface area is 215 Å². The summed E-state index contributed by atoms with van der Waals surface area (Å²) in [6.45, 7) is 8.41. The first-order valence-electron chi connectivity index (χ1n) is 11.8. The Morgan fingerprint density at radius 1 is 1.06 bits per heavy atom. The van der Waals surface area contributed by atoms with Crippen molar-refractivity contribution in [1.82, 2.24) is 29.5 Å². The molecule has 1 aliphatic heterocycles. The van der Waals surface area contributed by atoms with E-state index in [2.05, 4.69) is 74.7 Å². The predicted molar refractivity (Wildman–Crippen MR) is 139 cm³/mol. The summed E-state index contributed by atoms with van der Waals surface area (Å²) in [5.74, 6) is 1.30. The molecule has 0 saturated heterocycles. The van der Waals surface area contributed by atoms with Gasteiger partial charge in [-0.1, -0.05) is 35.9 Å². The number of aryl methyl sites for hydroxylation is 2. The van der Waals surface area contributed by atoms with Crippen LogP contribution in [-0.4, -0.2) is 49.7 Å². The van der Waals surface area contributed by atoms with Crippen LogP contribution in [0, 0.1) is 13.8 Å². The maximum Gasteiger partial charge on any atom is 0.319 e. The predicted octanol–water partition coefficient (Wildman–Crippen LogP) is 5.07. The van der Waals surface area contributed by atoms with Gasteiger partial charge in [0.25, 0.3) is 0 Å². The van der Waals surface area contributed by atoms with Gasteiger partial charge in [-0.2, -0.15) is 4.98 Å². The van der Waals surface area contributed by atoms with E-state index in [0.717, 1.165) is 33.7 Å². The number of hydrogen-bond acceptors (Lipinski definition) is 7. The lowest BCUT2D eigenvalue weighted by Crippen LogP contribution is -2.48. The second-order valence-corrected chi connectivity index (χ2v) is 9.69. The highest BCUT2D eigenvalue weighted by molar-refractivity contribution is 6.30. The fourth-order valence-electron chi connectivity index (χ4n) is 5.28. The second kappa shape index (κ2) is 9.19. The van der Waals surface area contributed by atoms with Gasteiger partial charge in [-0.25, -0.2) is 4.98 Å². The van der Waals surface area contributed by atoms with Gasteiger partial charge in [0.05, 0.1) is 31.4 Å². The zero-order valence-electron chi connectivity index (χ0n) is 21.2. The molecule has 36 heavy (non-hydrogen) atoms. The van der Waals surface area contributed by atoms with Gasteiger partial charge in [0, 0.05) is 23.5 Å². The third-order valence-corrected chi connectivity index (χ3v) is 7.06. The molecule has 3 aromatic heterocycles. The van der Waals surface area contributed by atoms with Crippen molar-refractivity contribution in [2.45, 2.75) is 45.3 Å². The van der Waals surface area contributed by atoms with Crippen molar-refractivity contribution in [3.05, 3.63) is 88.0 Å². The topological polar surface area (TPSA) is 77.7 Å². The minimum absolute atomic E-state index is 0.0441. The van der Waals surface area contributed by atoms with Gasteiger partial charge in [-0.15, -0.1) is 10.2 Å². The zero-order chi connectivity index (χ0) is 25.6. The third-order valence-electron chi connectivity index (χ3n) is 6.81. The maximum absolute atomic E-state index is 6.30. The summed E-state index contributed by atoms with van der Waals surface area (Å²) in [6.07, 6.45) is 8.37. The van der Waals surface area contributed by atoms with Crippen molar-refractivity contribution in [2.75, 3.05) is 14.2 Å². The second-order valence-electron chi connectivity index (χ2n) is 9.26. The summed E-state index contributed by atoms with van der Waals surface area (Å²) in [6, 6.07) is 10.4. The van der Waals surface area contributed by atoms with Gasteiger partial charge in [0.15, 0.2) is 5.65 Å². The number of nitrogens with zero attached hydrogens (tertiary/aromatic N) is 6.